The van der Waals surface area contributed by atoms with Crippen LogP contribution in [0.2, 0.25) is 0 Å². The molecule has 2 rings (SSSR count). The molecular formula is C14H14OS3. The van der Waals surface area contributed by atoms with Gasteiger partial charge < -0.3 is 4.55 Å². The van der Waals surface area contributed by atoms with Crippen LogP contribution in [-0.4, -0.2) is 17.1 Å². The molecule has 18 heavy (non-hydrogen) atoms. The van der Waals surface area contributed by atoms with Crippen molar-refractivity contribution in [3.8, 4) is 0 Å². The quantitative estimate of drug-likeness (QED) is 0.620. The van der Waals surface area contributed by atoms with Crippen molar-refractivity contribution in [2.24, 2.45) is 0 Å². The summed E-state index contributed by atoms with van der Waals surface area (Å²) in [4.78, 5) is 4.00. The van der Waals surface area contributed by atoms with Crippen LogP contribution in [0.1, 0.15) is 0 Å². The highest BCUT2D eigenvalue weighted by molar-refractivity contribution is 7.99. The largest absolute Gasteiger partial charge is 0.606 e. The second-order valence-corrected chi connectivity index (χ2v) is 6.87. The van der Waals surface area contributed by atoms with Gasteiger partial charge in [-0.1, -0.05) is 12.1 Å². The fourth-order valence-electron chi connectivity index (χ4n) is 1.57. The topological polar surface area (TPSA) is 23.1 Å². The van der Waals surface area contributed by atoms with E-state index >= 15 is 0 Å². The normalized spacial score (nSPS) is 10.9. The molecule has 0 atom stereocenters. The van der Waals surface area contributed by atoms with Gasteiger partial charge >= 0.3 is 0 Å². The third-order valence-corrected chi connectivity index (χ3v) is 5.33. The Balaban J connectivity index is 2.31. The third kappa shape index (κ3) is 3.26. The summed E-state index contributed by atoms with van der Waals surface area (Å²) in [6, 6.07) is 15.8. The average Bonchev–Trinajstić information content (AvgIpc) is 2.46. The molecule has 0 aromatic heterocycles. The molecule has 0 amide bonds. The Morgan fingerprint density at radius 2 is 1.28 bits per heavy atom. The second-order valence-electron chi connectivity index (χ2n) is 3.63. The smallest absolute Gasteiger partial charge is 0.159 e. The Morgan fingerprint density at radius 3 is 1.67 bits per heavy atom. The number of benzene rings is 2. The second kappa shape index (κ2) is 6.57. The Bertz CT molecular complexity index is 480. The predicted molar refractivity (Wildman–Crippen MR) is 81.1 cm³/mol. The Morgan fingerprint density at radius 1 is 0.833 bits per heavy atom. The summed E-state index contributed by atoms with van der Waals surface area (Å²) in [7, 11) is 0. The van der Waals surface area contributed by atoms with Gasteiger partial charge in [0.15, 0.2) is 9.79 Å². The van der Waals surface area contributed by atoms with E-state index < -0.39 is 11.2 Å². The maximum absolute atomic E-state index is 12.5. The standard InChI is InChI=1S/C14H14OS3/c1-16-11-5-3-7-13(9-11)18(15)14-8-4-6-12(10-14)17-2/h3-10H,1-2H3. The van der Waals surface area contributed by atoms with Crippen LogP contribution < -0.4 is 0 Å². The van der Waals surface area contributed by atoms with Crippen LogP contribution in [0.15, 0.2) is 68.1 Å². The van der Waals surface area contributed by atoms with Crippen LogP contribution in [0.25, 0.3) is 0 Å². The maximum Gasteiger partial charge on any atom is 0.159 e. The summed E-state index contributed by atoms with van der Waals surface area (Å²) in [5.41, 5.74) is 0. The molecule has 0 N–H and O–H groups in total. The first-order valence-corrected chi connectivity index (χ1v) is 9.04. The van der Waals surface area contributed by atoms with Crippen molar-refractivity contribution in [2.45, 2.75) is 19.6 Å². The number of thioether (sulfide) groups is 2. The summed E-state index contributed by atoms with van der Waals surface area (Å²) in [5.74, 6) is 0. The zero-order valence-electron chi connectivity index (χ0n) is 10.3. The summed E-state index contributed by atoms with van der Waals surface area (Å²) < 4.78 is 12.5. The van der Waals surface area contributed by atoms with Gasteiger partial charge in [0.05, 0.1) is 0 Å². The SMILES string of the molecule is CSc1cccc([S+]([O-])c2cccc(SC)c2)c1. The molecule has 0 aliphatic carbocycles. The first kappa shape index (κ1) is 13.9. The minimum Gasteiger partial charge on any atom is -0.606 e. The zero-order chi connectivity index (χ0) is 13.0. The average molecular weight is 294 g/mol. The molecule has 0 bridgehead atoms. The molecule has 0 saturated heterocycles. The van der Waals surface area contributed by atoms with Crippen LogP contribution >= 0.6 is 23.5 Å². The van der Waals surface area contributed by atoms with Crippen LogP contribution in [0, 0.1) is 0 Å². The van der Waals surface area contributed by atoms with Crippen LogP contribution in [0.3, 0.4) is 0 Å². The van der Waals surface area contributed by atoms with E-state index in [1.165, 1.54) is 0 Å². The van der Waals surface area contributed by atoms with Crippen LogP contribution in [0.4, 0.5) is 0 Å². The van der Waals surface area contributed by atoms with Gasteiger partial charge in [0.25, 0.3) is 0 Å². The molecule has 0 aliphatic heterocycles. The molecular weight excluding hydrogens is 280 g/mol. The monoisotopic (exact) mass is 294 g/mol. The van der Waals surface area contributed by atoms with Gasteiger partial charge in [-0.05, 0) is 36.8 Å². The minimum atomic E-state index is -1.10. The van der Waals surface area contributed by atoms with Gasteiger partial charge in [-0.15, -0.1) is 23.5 Å². The molecule has 0 aliphatic rings. The maximum atomic E-state index is 12.5. The summed E-state index contributed by atoms with van der Waals surface area (Å²) >= 11 is 2.23. The van der Waals surface area contributed by atoms with Gasteiger partial charge in [-0.2, -0.15) is 0 Å². The van der Waals surface area contributed by atoms with Crippen molar-refractivity contribution in [3.63, 3.8) is 0 Å². The summed E-state index contributed by atoms with van der Waals surface area (Å²) in [6.45, 7) is 0. The lowest BCUT2D eigenvalue weighted by Gasteiger charge is -2.11. The van der Waals surface area contributed by atoms with E-state index in [0.29, 0.717) is 0 Å². The van der Waals surface area contributed by atoms with Crippen LogP contribution in [0.5, 0.6) is 0 Å². The van der Waals surface area contributed by atoms with Gasteiger partial charge in [0.2, 0.25) is 0 Å². The highest BCUT2D eigenvalue weighted by atomic mass is 32.2. The lowest BCUT2D eigenvalue weighted by atomic mass is 10.4. The van der Waals surface area contributed by atoms with Gasteiger partial charge in [-0.25, -0.2) is 0 Å². The molecule has 0 radical (unpaired) electrons. The molecule has 94 valence electrons. The Hall–Kier alpha value is -0.550. The molecule has 4 heteroatoms. The van der Waals surface area contributed by atoms with Crippen molar-refractivity contribution in [1.29, 1.82) is 0 Å². The third-order valence-electron chi connectivity index (χ3n) is 2.51. The Kier molecular flexibility index (Phi) is 5.06. The molecule has 0 unspecified atom stereocenters. The fraction of sp³-hybridized carbons (Fsp3) is 0.143. The molecule has 2 aromatic rings. The molecule has 1 nitrogen and oxygen atoms in total. The molecule has 0 fully saturated rings. The summed E-state index contributed by atoms with van der Waals surface area (Å²) in [5, 5.41) is 0. The zero-order valence-corrected chi connectivity index (χ0v) is 12.7. The van der Waals surface area contributed by atoms with E-state index in [4.69, 9.17) is 0 Å². The first-order valence-electron chi connectivity index (χ1n) is 5.44. The number of hydrogen-bond donors (Lipinski definition) is 0. The minimum absolute atomic E-state index is 0.861. The van der Waals surface area contributed by atoms with Crippen LogP contribution in [-0.2, 0) is 11.2 Å². The van der Waals surface area contributed by atoms with Gasteiger partial charge in [-0.3, -0.25) is 0 Å². The van der Waals surface area contributed by atoms with E-state index in [-0.39, 0.29) is 0 Å². The fourth-order valence-corrected chi connectivity index (χ4v) is 3.78. The predicted octanol–water partition coefficient (Wildman–Crippen LogP) is 4.30. The van der Waals surface area contributed by atoms with E-state index in [9.17, 15) is 4.55 Å². The van der Waals surface area contributed by atoms with E-state index in [2.05, 4.69) is 0 Å². The molecule has 2 aromatic carbocycles. The number of hydrogen-bond acceptors (Lipinski definition) is 3. The van der Waals surface area contributed by atoms with Crippen molar-refractivity contribution in [1.82, 2.24) is 0 Å². The van der Waals surface area contributed by atoms with E-state index in [1.807, 2.05) is 61.0 Å². The van der Waals surface area contributed by atoms with Crippen molar-refractivity contribution in [3.05, 3.63) is 48.5 Å². The highest BCUT2D eigenvalue weighted by Crippen LogP contribution is 2.27. The molecule has 0 spiro atoms. The molecule has 0 heterocycles. The first-order chi connectivity index (χ1) is 8.74. The number of rotatable bonds is 4. The van der Waals surface area contributed by atoms with Crippen molar-refractivity contribution in [2.75, 3.05) is 12.5 Å². The summed E-state index contributed by atoms with van der Waals surface area (Å²) in [6.07, 6.45) is 4.05. The lowest BCUT2D eigenvalue weighted by molar-refractivity contribution is 0.594. The van der Waals surface area contributed by atoms with Gasteiger partial charge in [0.1, 0.15) is 0 Å². The lowest BCUT2D eigenvalue weighted by Crippen LogP contribution is -2.02. The Labute approximate surface area is 120 Å². The molecule has 0 saturated carbocycles. The van der Waals surface area contributed by atoms with Crippen molar-refractivity contribution >= 4 is 34.7 Å². The van der Waals surface area contributed by atoms with E-state index in [1.54, 1.807) is 23.5 Å². The van der Waals surface area contributed by atoms with E-state index in [0.717, 1.165) is 19.6 Å². The van der Waals surface area contributed by atoms with Gasteiger partial charge in [0, 0.05) is 33.1 Å². The highest BCUT2D eigenvalue weighted by Gasteiger charge is 2.15. The van der Waals surface area contributed by atoms with Crippen molar-refractivity contribution < 1.29 is 4.55 Å².